The standard InChI is InChI=1S/C23H24ClN3O3S/c1-30-12-4-10-27-22(29)19-8-7-18(24)13-20(19)25-23(27)31-15-21(28)26-11-9-16-5-2-3-6-17(16)14-26/h2-3,5-8,13H,4,9-12,14-15H2,1H3. The second kappa shape index (κ2) is 9.85. The first-order valence-corrected chi connectivity index (χ1v) is 11.6. The fourth-order valence-corrected chi connectivity index (χ4v) is 4.87. The lowest BCUT2D eigenvalue weighted by Gasteiger charge is -2.28. The van der Waals surface area contributed by atoms with Gasteiger partial charge in [0.2, 0.25) is 5.91 Å². The third-order valence-electron chi connectivity index (χ3n) is 5.42. The van der Waals surface area contributed by atoms with Crippen LogP contribution in [0.2, 0.25) is 5.02 Å². The molecule has 0 saturated heterocycles. The summed E-state index contributed by atoms with van der Waals surface area (Å²) in [6.07, 6.45) is 1.54. The van der Waals surface area contributed by atoms with Gasteiger partial charge in [-0.2, -0.15) is 0 Å². The van der Waals surface area contributed by atoms with E-state index in [1.54, 1.807) is 29.9 Å². The van der Waals surface area contributed by atoms with Gasteiger partial charge in [-0.25, -0.2) is 4.98 Å². The quantitative estimate of drug-likeness (QED) is 0.307. The molecule has 0 unspecified atom stereocenters. The van der Waals surface area contributed by atoms with Gasteiger partial charge in [0.1, 0.15) is 0 Å². The summed E-state index contributed by atoms with van der Waals surface area (Å²) in [6, 6.07) is 13.3. The summed E-state index contributed by atoms with van der Waals surface area (Å²) in [5, 5.41) is 1.57. The number of nitrogens with zero attached hydrogens (tertiary/aromatic N) is 3. The number of thioether (sulfide) groups is 1. The van der Waals surface area contributed by atoms with Crippen molar-refractivity contribution in [1.29, 1.82) is 0 Å². The van der Waals surface area contributed by atoms with Crippen molar-refractivity contribution in [2.75, 3.05) is 26.0 Å². The highest BCUT2D eigenvalue weighted by Crippen LogP contribution is 2.23. The Balaban J connectivity index is 1.54. The normalized spacial score (nSPS) is 13.4. The van der Waals surface area contributed by atoms with Crippen LogP contribution in [0.15, 0.2) is 52.4 Å². The second-order valence-electron chi connectivity index (χ2n) is 7.48. The minimum atomic E-state index is -0.125. The first-order valence-electron chi connectivity index (χ1n) is 10.2. The van der Waals surface area contributed by atoms with Gasteiger partial charge in [0.05, 0.1) is 16.7 Å². The Kier molecular flexibility index (Phi) is 6.95. The maximum Gasteiger partial charge on any atom is 0.262 e. The molecule has 162 valence electrons. The van der Waals surface area contributed by atoms with Crippen LogP contribution in [0.5, 0.6) is 0 Å². The van der Waals surface area contributed by atoms with E-state index in [2.05, 4.69) is 17.1 Å². The summed E-state index contributed by atoms with van der Waals surface area (Å²) < 4.78 is 6.77. The van der Waals surface area contributed by atoms with Crippen LogP contribution in [0.3, 0.4) is 0 Å². The van der Waals surface area contributed by atoms with Gasteiger partial charge in [0.15, 0.2) is 5.16 Å². The van der Waals surface area contributed by atoms with Gasteiger partial charge in [-0.15, -0.1) is 0 Å². The van der Waals surface area contributed by atoms with Crippen molar-refractivity contribution in [1.82, 2.24) is 14.5 Å². The fourth-order valence-electron chi connectivity index (χ4n) is 3.77. The minimum Gasteiger partial charge on any atom is -0.385 e. The number of halogens is 1. The lowest BCUT2D eigenvalue weighted by Crippen LogP contribution is -2.37. The summed E-state index contributed by atoms with van der Waals surface area (Å²) in [7, 11) is 1.63. The number of ether oxygens (including phenoxy) is 1. The molecule has 0 fully saturated rings. The number of hydrogen-bond donors (Lipinski definition) is 0. The molecule has 4 rings (SSSR count). The topological polar surface area (TPSA) is 64.4 Å². The van der Waals surface area contributed by atoms with Gasteiger partial charge < -0.3 is 9.64 Å². The number of carbonyl (C=O) groups excluding carboxylic acids is 1. The van der Waals surface area contributed by atoms with Crippen LogP contribution in [0.25, 0.3) is 10.9 Å². The average Bonchev–Trinajstić information content (AvgIpc) is 2.78. The van der Waals surface area contributed by atoms with Crippen molar-refractivity contribution in [3.05, 3.63) is 69.0 Å². The van der Waals surface area contributed by atoms with Gasteiger partial charge >= 0.3 is 0 Å². The number of amides is 1. The van der Waals surface area contributed by atoms with E-state index in [1.165, 1.54) is 22.9 Å². The molecule has 0 radical (unpaired) electrons. The van der Waals surface area contributed by atoms with Crippen LogP contribution < -0.4 is 5.56 Å². The molecule has 3 aromatic rings. The number of hydrogen-bond acceptors (Lipinski definition) is 5. The molecule has 0 N–H and O–H groups in total. The first-order chi connectivity index (χ1) is 15.1. The Hall–Kier alpha value is -2.35. The molecule has 31 heavy (non-hydrogen) atoms. The average molecular weight is 458 g/mol. The van der Waals surface area contributed by atoms with Crippen molar-refractivity contribution in [3.8, 4) is 0 Å². The van der Waals surface area contributed by atoms with Crippen molar-refractivity contribution < 1.29 is 9.53 Å². The van der Waals surface area contributed by atoms with Crippen LogP contribution >= 0.6 is 23.4 Å². The Morgan fingerprint density at radius 1 is 1.23 bits per heavy atom. The molecular formula is C23H24ClN3O3S. The SMILES string of the molecule is COCCCn1c(SCC(=O)N2CCc3ccccc3C2)nc2cc(Cl)ccc2c1=O. The number of carbonyl (C=O) groups is 1. The maximum atomic E-state index is 13.1. The number of fused-ring (bicyclic) bond motifs is 2. The largest absolute Gasteiger partial charge is 0.385 e. The lowest BCUT2D eigenvalue weighted by atomic mass is 10.00. The van der Waals surface area contributed by atoms with Gasteiger partial charge in [0.25, 0.3) is 5.56 Å². The summed E-state index contributed by atoms with van der Waals surface area (Å²) in [5.74, 6) is 0.272. The zero-order valence-electron chi connectivity index (χ0n) is 17.3. The molecule has 1 amide bonds. The Morgan fingerprint density at radius 2 is 2.03 bits per heavy atom. The second-order valence-corrected chi connectivity index (χ2v) is 8.86. The van der Waals surface area contributed by atoms with E-state index >= 15 is 0 Å². The van der Waals surface area contributed by atoms with Crippen LogP contribution in [-0.2, 0) is 29.0 Å². The van der Waals surface area contributed by atoms with Crippen molar-refractivity contribution in [3.63, 3.8) is 0 Å². The number of benzene rings is 2. The van der Waals surface area contributed by atoms with Crippen LogP contribution in [0, 0.1) is 0 Å². The van der Waals surface area contributed by atoms with Crippen molar-refractivity contribution in [2.24, 2.45) is 0 Å². The predicted molar refractivity (Wildman–Crippen MR) is 124 cm³/mol. The zero-order valence-corrected chi connectivity index (χ0v) is 18.9. The highest BCUT2D eigenvalue weighted by Gasteiger charge is 2.21. The molecular weight excluding hydrogens is 434 g/mol. The smallest absolute Gasteiger partial charge is 0.262 e. The molecule has 0 aliphatic carbocycles. The molecule has 1 aromatic heterocycles. The summed E-state index contributed by atoms with van der Waals surface area (Å²) in [4.78, 5) is 32.5. The van der Waals surface area contributed by atoms with Gasteiger partial charge in [0, 0.05) is 38.4 Å². The zero-order chi connectivity index (χ0) is 21.8. The highest BCUT2D eigenvalue weighted by atomic mass is 35.5. The van der Waals surface area contributed by atoms with E-state index in [4.69, 9.17) is 16.3 Å². The third kappa shape index (κ3) is 4.95. The van der Waals surface area contributed by atoms with Gasteiger partial charge in [-0.3, -0.25) is 14.2 Å². The van der Waals surface area contributed by atoms with E-state index in [0.717, 1.165) is 6.42 Å². The molecule has 0 atom stereocenters. The molecule has 2 aromatic carbocycles. The van der Waals surface area contributed by atoms with Gasteiger partial charge in [-0.05, 0) is 42.2 Å². The van der Waals surface area contributed by atoms with E-state index in [1.807, 2.05) is 17.0 Å². The predicted octanol–water partition coefficient (Wildman–Crippen LogP) is 3.76. The highest BCUT2D eigenvalue weighted by molar-refractivity contribution is 7.99. The van der Waals surface area contributed by atoms with Gasteiger partial charge in [-0.1, -0.05) is 47.6 Å². The third-order valence-corrected chi connectivity index (χ3v) is 6.62. The maximum absolute atomic E-state index is 13.1. The summed E-state index contributed by atoms with van der Waals surface area (Å²) in [5.41, 5.74) is 2.92. The molecule has 1 aliphatic heterocycles. The fraction of sp³-hybridized carbons (Fsp3) is 0.348. The number of methoxy groups -OCH3 is 1. The first kappa shape index (κ1) is 21.9. The monoisotopic (exact) mass is 457 g/mol. The van der Waals surface area contributed by atoms with Crippen LogP contribution in [0.1, 0.15) is 17.5 Å². The van der Waals surface area contributed by atoms with Crippen molar-refractivity contribution >= 4 is 40.2 Å². The van der Waals surface area contributed by atoms with E-state index < -0.39 is 0 Å². The molecule has 0 bridgehead atoms. The summed E-state index contributed by atoms with van der Waals surface area (Å²) in [6.45, 7) is 2.35. The lowest BCUT2D eigenvalue weighted by molar-refractivity contribution is -0.129. The minimum absolute atomic E-state index is 0.0448. The number of rotatable bonds is 7. The van der Waals surface area contributed by atoms with E-state index in [9.17, 15) is 9.59 Å². The summed E-state index contributed by atoms with van der Waals surface area (Å²) >= 11 is 7.40. The molecule has 0 spiro atoms. The van der Waals surface area contributed by atoms with Crippen LogP contribution in [0.4, 0.5) is 0 Å². The molecule has 1 aliphatic rings. The molecule has 2 heterocycles. The Bertz CT molecular complexity index is 1160. The Labute approximate surface area is 190 Å². The van der Waals surface area contributed by atoms with Crippen molar-refractivity contribution in [2.45, 2.75) is 31.1 Å². The number of aromatic nitrogens is 2. The molecule has 6 nitrogen and oxygen atoms in total. The molecule has 8 heteroatoms. The molecule has 0 saturated carbocycles. The van der Waals surface area contributed by atoms with E-state index in [0.29, 0.717) is 53.7 Å². The Morgan fingerprint density at radius 3 is 2.84 bits per heavy atom. The van der Waals surface area contributed by atoms with E-state index in [-0.39, 0.29) is 17.2 Å². The van der Waals surface area contributed by atoms with Crippen LogP contribution in [-0.4, -0.2) is 46.4 Å².